The largest absolute Gasteiger partial charge is 0.459 e. The van der Waals surface area contributed by atoms with Crippen molar-refractivity contribution in [3.8, 4) is 5.69 Å². The summed E-state index contributed by atoms with van der Waals surface area (Å²) in [6.07, 6.45) is 0. The van der Waals surface area contributed by atoms with E-state index < -0.39 is 28.9 Å². The van der Waals surface area contributed by atoms with Crippen molar-refractivity contribution in [2.24, 2.45) is 0 Å². The van der Waals surface area contributed by atoms with Gasteiger partial charge in [0, 0.05) is 16.8 Å². The molecule has 0 saturated heterocycles. The maximum absolute atomic E-state index is 12.5. The molecule has 3 aromatic rings. The van der Waals surface area contributed by atoms with Crippen molar-refractivity contribution in [3.63, 3.8) is 0 Å². The predicted octanol–water partition coefficient (Wildman–Crippen LogP) is 2.65. The van der Waals surface area contributed by atoms with Gasteiger partial charge in [-0.05, 0) is 43.3 Å². The second kappa shape index (κ2) is 8.16. The molecule has 2 amide bonds. The number of carbonyl (C=O) groups is 3. The van der Waals surface area contributed by atoms with Gasteiger partial charge in [-0.25, -0.2) is 9.48 Å². The molecule has 8 nitrogen and oxygen atoms in total. The van der Waals surface area contributed by atoms with Crippen molar-refractivity contribution in [1.82, 2.24) is 14.7 Å². The minimum Gasteiger partial charge on any atom is -0.459 e. The first-order chi connectivity index (χ1) is 14.9. The molecule has 4 rings (SSSR count). The van der Waals surface area contributed by atoms with Crippen molar-refractivity contribution in [1.29, 1.82) is 0 Å². The second-order valence-corrected chi connectivity index (χ2v) is 7.27. The normalized spacial score (nSPS) is 12.8. The van der Waals surface area contributed by atoms with Crippen LogP contribution >= 0.6 is 11.6 Å². The lowest BCUT2D eigenvalue weighted by atomic mass is 10.1. The Kier molecular flexibility index (Phi) is 5.39. The Morgan fingerprint density at radius 2 is 1.61 bits per heavy atom. The molecule has 1 aromatic heterocycles. The third kappa shape index (κ3) is 3.85. The number of carbonyl (C=O) groups excluding carboxylic acids is 3. The van der Waals surface area contributed by atoms with Crippen LogP contribution in [0.5, 0.6) is 0 Å². The number of aromatic nitrogens is 2. The van der Waals surface area contributed by atoms with Crippen molar-refractivity contribution < 1.29 is 19.1 Å². The van der Waals surface area contributed by atoms with Gasteiger partial charge in [0.05, 0.1) is 23.4 Å². The Balaban J connectivity index is 1.48. The number of rotatable bonds is 5. The van der Waals surface area contributed by atoms with Crippen LogP contribution in [0.2, 0.25) is 5.02 Å². The van der Waals surface area contributed by atoms with E-state index in [1.54, 1.807) is 55.5 Å². The summed E-state index contributed by atoms with van der Waals surface area (Å²) in [7, 11) is 0. The summed E-state index contributed by atoms with van der Waals surface area (Å²) < 4.78 is 6.56. The number of hydrogen-bond donors (Lipinski definition) is 0. The Hall–Kier alpha value is -3.78. The van der Waals surface area contributed by atoms with Gasteiger partial charge >= 0.3 is 5.97 Å². The highest BCUT2D eigenvalue weighted by atomic mass is 35.5. The fraction of sp³-hybridized carbons (Fsp3) is 0.136. The average Bonchev–Trinajstić information content (AvgIpc) is 2.99. The molecular weight excluding hydrogens is 422 g/mol. The number of aryl methyl sites for hydroxylation is 1. The molecule has 9 heteroatoms. The highest BCUT2D eigenvalue weighted by Crippen LogP contribution is 2.22. The highest BCUT2D eigenvalue weighted by molar-refractivity contribution is 6.30. The molecule has 0 atom stereocenters. The van der Waals surface area contributed by atoms with E-state index >= 15 is 0 Å². The number of ether oxygens (including phenoxy) is 1. The molecule has 0 N–H and O–H groups in total. The Morgan fingerprint density at radius 1 is 1.00 bits per heavy atom. The van der Waals surface area contributed by atoms with Gasteiger partial charge in [0.2, 0.25) is 11.1 Å². The maximum Gasteiger partial charge on any atom is 0.362 e. The van der Waals surface area contributed by atoms with Gasteiger partial charge in [-0.15, -0.1) is 0 Å². The molecule has 0 aliphatic carbocycles. The molecule has 1 aliphatic rings. The lowest BCUT2D eigenvalue weighted by Gasteiger charge is -2.14. The summed E-state index contributed by atoms with van der Waals surface area (Å²) >= 11 is 5.90. The van der Waals surface area contributed by atoms with Crippen LogP contribution in [0, 0.1) is 6.92 Å². The number of esters is 1. The summed E-state index contributed by atoms with van der Waals surface area (Å²) in [5.41, 5.74) is 0.767. The monoisotopic (exact) mass is 437 g/mol. The minimum absolute atomic E-state index is 0.130. The second-order valence-electron chi connectivity index (χ2n) is 6.83. The summed E-state index contributed by atoms with van der Waals surface area (Å²) in [4.78, 5) is 50.5. The Labute approximate surface area is 181 Å². The van der Waals surface area contributed by atoms with E-state index in [4.69, 9.17) is 16.3 Å². The van der Waals surface area contributed by atoms with E-state index in [0.29, 0.717) is 27.5 Å². The predicted molar refractivity (Wildman–Crippen MR) is 112 cm³/mol. The lowest BCUT2D eigenvalue weighted by molar-refractivity contribution is 0.0412. The number of nitrogens with zero attached hydrogens (tertiary/aromatic N) is 3. The van der Waals surface area contributed by atoms with Crippen LogP contribution in [0.25, 0.3) is 5.69 Å². The zero-order valence-electron chi connectivity index (χ0n) is 16.4. The van der Waals surface area contributed by atoms with Gasteiger partial charge in [0.1, 0.15) is 6.61 Å². The Morgan fingerprint density at radius 3 is 2.23 bits per heavy atom. The standard InChI is InChI=1S/C22H16ClN3O5/c1-13-12-18(27)19(24-26(13)15-8-6-14(23)7-9-15)22(30)31-11-10-25-20(28)16-4-2-3-5-17(16)21(25)29/h2-9,12H,10-11H2,1H3. The summed E-state index contributed by atoms with van der Waals surface area (Å²) in [5, 5.41) is 4.66. The van der Waals surface area contributed by atoms with Crippen LogP contribution in [0.1, 0.15) is 36.9 Å². The van der Waals surface area contributed by atoms with Gasteiger partial charge in [-0.2, -0.15) is 5.10 Å². The zero-order chi connectivity index (χ0) is 22.1. The van der Waals surface area contributed by atoms with E-state index in [2.05, 4.69) is 5.10 Å². The number of imide groups is 1. The molecule has 0 spiro atoms. The number of amides is 2. The van der Waals surface area contributed by atoms with Gasteiger partial charge in [-0.1, -0.05) is 23.7 Å². The number of halogens is 1. The molecule has 0 bridgehead atoms. The van der Waals surface area contributed by atoms with Crippen LogP contribution in [0.4, 0.5) is 0 Å². The highest BCUT2D eigenvalue weighted by Gasteiger charge is 2.35. The van der Waals surface area contributed by atoms with Crippen LogP contribution in [-0.2, 0) is 4.74 Å². The molecule has 156 valence electrons. The van der Waals surface area contributed by atoms with E-state index in [1.807, 2.05) is 0 Å². The quantitative estimate of drug-likeness (QED) is 0.449. The lowest BCUT2D eigenvalue weighted by Crippen LogP contribution is -2.34. The van der Waals surface area contributed by atoms with Gasteiger partial charge in [-0.3, -0.25) is 19.3 Å². The smallest absolute Gasteiger partial charge is 0.362 e. The number of benzene rings is 2. The topological polar surface area (TPSA) is 98.6 Å². The summed E-state index contributed by atoms with van der Waals surface area (Å²) in [5.74, 6) is -1.84. The molecule has 1 aliphatic heterocycles. The van der Waals surface area contributed by atoms with Crippen molar-refractivity contribution in [2.45, 2.75) is 6.92 Å². The molecule has 0 saturated carbocycles. The van der Waals surface area contributed by atoms with Crippen LogP contribution in [0.3, 0.4) is 0 Å². The first kappa shape index (κ1) is 20.5. The van der Waals surface area contributed by atoms with Crippen LogP contribution < -0.4 is 5.43 Å². The first-order valence-electron chi connectivity index (χ1n) is 9.36. The van der Waals surface area contributed by atoms with Crippen LogP contribution in [0.15, 0.2) is 59.4 Å². The molecular formula is C22H16ClN3O5. The minimum atomic E-state index is -0.940. The molecule has 0 fully saturated rings. The third-order valence-electron chi connectivity index (χ3n) is 4.80. The van der Waals surface area contributed by atoms with Crippen molar-refractivity contribution >= 4 is 29.4 Å². The van der Waals surface area contributed by atoms with Gasteiger partial charge in [0.15, 0.2) is 0 Å². The SMILES string of the molecule is Cc1cc(=O)c(C(=O)OCCN2C(=O)c3ccccc3C2=O)nn1-c1ccc(Cl)cc1. The average molecular weight is 438 g/mol. The first-order valence-corrected chi connectivity index (χ1v) is 9.74. The Bertz CT molecular complexity index is 1230. The number of fused-ring (bicyclic) bond motifs is 1. The molecule has 31 heavy (non-hydrogen) atoms. The zero-order valence-corrected chi connectivity index (χ0v) is 17.1. The molecule has 0 unspecified atom stereocenters. The van der Waals surface area contributed by atoms with E-state index in [0.717, 1.165) is 4.90 Å². The summed E-state index contributed by atoms with van der Waals surface area (Å²) in [6.45, 7) is 1.29. The van der Waals surface area contributed by atoms with E-state index in [-0.39, 0.29) is 13.2 Å². The fourth-order valence-corrected chi connectivity index (χ4v) is 3.40. The van der Waals surface area contributed by atoms with Gasteiger partial charge < -0.3 is 4.74 Å². The molecule has 2 heterocycles. The van der Waals surface area contributed by atoms with E-state index in [1.165, 1.54) is 10.7 Å². The maximum atomic E-state index is 12.5. The fourth-order valence-electron chi connectivity index (χ4n) is 3.27. The van der Waals surface area contributed by atoms with Crippen LogP contribution in [-0.4, -0.2) is 45.6 Å². The number of hydrogen-bond acceptors (Lipinski definition) is 6. The van der Waals surface area contributed by atoms with Crippen molar-refractivity contribution in [3.05, 3.63) is 92.4 Å². The van der Waals surface area contributed by atoms with Gasteiger partial charge in [0.25, 0.3) is 11.8 Å². The van der Waals surface area contributed by atoms with E-state index in [9.17, 15) is 19.2 Å². The molecule has 2 aromatic carbocycles. The van der Waals surface area contributed by atoms with Crippen molar-refractivity contribution in [2.75, 3.05) is 13.2 Å². The summed E-state index contributed by atoms with van der Waals surface area (Å²) in [6, 6.07) is 14.5. The third-order valence-corrected chi connectivity index (χ3v) is 5.05. The molecule has 0 radical (unpaired) electrons.